The number of aromatic nitrogens is 3. The summed E-state index contributed by atoms with van der Waals surface area (Å²) in [6.45, 7) is 4.52. The Bertz CT molecular complexity index is 1110. The Morgan fingerprint density at radius 3 is 2.34 bits per heavy atom. The maximum Gasteiger partial charge on any atom is 0.149 e. The molecule has 3 rings (SSSR count). The summed E-state index contributed by atoms with van der Waals surface area (Å²) in [6, 6.07) is 13.8. The molecule has 35 heavy (non-hydrogen) atoms. The quantitative estimate of drug-likeness (QED) is 0.193. The van der Waals surface area contributed by atoms with Gasteiger partial charge >= 0.3 is 0 Å². The largest absolute Gasteiger partial charge is 0.491 e. The fourth-order valence-corrected chi connectivity index (χ4v) is 4.73. The molecule has 0 unspecified atom stereocenters. The van der Waals surface area contributed by atoms with Crippen molar-refractivity contribution in [3.63, 3.8) is 0 Å². The highest BCUT2D eigenvalue weighted by atomic mass is 127. The van der Waals surface area contributed by atoms with Crippen LogP contribution in [-0.4, -0.2) is 61.6 Å². The molecule has 0 aliphatic carbocycles. The number of aliphatic hydroxyl groups excluding tert-OH is 3. The van der Waals surface area contributed by atoms with Crippen molar-refractivity contribution in [3.05, 3.63) is 66.6 Å². The van der Waals surface area contributed by atoms with Crippen LogP contribution in [0.25, 0.3) is 0 Å². The molecule has 0 aliphatic rings. The molecule has 0 spiro atoms. The van der Waals surface area contributed by atoms with Gasteiger partial charge in [0.05, 0.1) is 28.3 Å². The fraction of sp³-hybridized carbons (Fsp3) is 0.417. The molecule has 0 bridgehead atoms. The highest BCUT2D eigenvalue weighted by Gasteiger charge is 2.24. The van der Waals surface area contributed by atoms with E-state index in [9.17, 15) is 15.3 Å². The summed E-state index contributed by atoms with van der Waals surface area (Å²) in [7, 11) is 0. The van der Waals surface area contributed by atoms with E-state index in [1.165, 1.54) is 4.68 Å². The van der Waals surface area contributed by atoms with Crippen molar-refractivity contribution in [2.24, 2.45) is 0 Å². The monoisotopic (exact) mass is 723 g/mol. The van der Waals surface area contributed by atoms with Crippen molar-refractivity contribution in [2.75, 3.05) is 19.1 Å². The smallest absolute Gasteiger partial charge is 0.149 e. The second kappa shape index (κ2) is 12.9. The highest BCUT2D eigenvalue weighted by Crippen LogP contribution is 2.35. The Kier molecular flexibility index (Phi) is 10.4. The first-order valence-electron chi connectivity index (χ1n) is 10.9. The molecule has 11 heteroatoms. The number of benzene rings is 2. The van der Waals surface area contributed by atoms with E-state index in [4.69, 9.17) is 21.1 Å². The van der Waals surface area contributed by atoms with Crippen LogP contribution in [0.1, 0.15) is 30.7 Å². The maximum absolute atomic E-state index is 10.3. The molecule has 0 saturated carbocycles. The van der Waals surface area contributed by atoms with E-state index in [0.717, 1.165) is 14.7 Å². The lowest BCUT2D eigenvalue weighted by Crippen LogP contribution is -2.25. The van der Waals surface area contributed by atoms with E-state index < -0.39 is 12.2 Å². The minimum absolute atomic E-state index is 0.0854. The van der Waals surface area contributed by atoms with Crippen molar-refractivity contribution in [3.8, 4) is 11.5 Å². The van der Waals surface area contributed by atoms with E-state index in [2.05, 4.69) is 52.8 Å². The van der Waals surface area contributed by atoms with E-state index in [-0.39, 0.29) is 37.7 Å². The van der Waals surface area contributed by atoms with Crippen molar-refractivity contribution >= 4 is 56.8 Å². The van der Waals surface area contributed by atoms with Gasteiger partial charge in [0, 0.05) is 5.41 Å². The van der Waals surface area contributed by atoms with Crippen LogP contribution in [-0.2, 0) is 18.6 Å². The van der Waals surface area contributed by atoms with Crippen LogP contribution in [0.15, 0.2) is 42.5 Å². The molecule has 2 aromatic carbocycles. The molecule has 0 radical (unpaired) electrons. The van der Waals surface area contributed by atoms with Crippen LogP contribution in [0.4, 0.5) is 0 Å². The molecular weight excluding hydrogens is 696 g/mol. The highest BCUT2D eigenvalue weighted by molar-refractivity contribution is 14.1. The van der Waals surface area contributed by atoms with E-state index in [0.29, 0.717) is 20.9 Å². The summed E-state index contributed by atoms with van der Waals surface area (Å²) >= 11 is 9.86. The van der Waals surface area contributed by atoms with Crippen LogP contribution in [0.5, 0.6) is 11.5 Å². The summed E-state index contributed by atoms with van der Waals surface area (Å²) in [5.41, 5.74) is 2.53. The molecular formula is C24H28ClI2N3O5. The normalized spacial score (nSPS) is 13.5. The number of hydrogen-bond donors (Lipinski definition) is 3. The van der Waals surface area contributed by atoms with Gasteiger partial charge in [0.25, 0.3) is 0 Å². The second-order valence-electron chi connectivity index (χ2n) is 8.55. The van der Waals surface area contributed by atoms with Crippen molar-refractivity contribution in [1.82, 2.24) is 15.0 Å². The lowest BCUT2D eigenvalue weighted by Gasteiger charge is -2.27. The Balaban J connectivity index is 1.61. The fourth-order valence-electron chi connectivity index (χ4n) is 3.42. The van der Waals surface area contributed by atoms with E-state index in [1.807, 2.05) is 59.0 Å². The molecule has 1 heterocycles. The molecule has 3 N–H and O–H groups in total. The van der Waals surface area contributed by atoms with Gasteiger partial charge in [-0.3, -0.25) is 0 Å². The van der Waals surface area contributed by atoms with Crippen LogP contribution in [0, 0.1) is 7.27 Å². The van der Waals surface area contributed by atoms with Crippen molar-refractivity contribution in [2.45, 2.75) is 44.6 Å². The third-order valence-corrected chi connectivity index (χ3v) is 7.64. The molecule has 0 saturated heterocycles. The summed E-state index contributed by atoms with van der Waals surface area (Å²) < 4.78 is 14.5. The van der Waals surface area contributed by atoms with Crippen LogP contribution >= 0.6 is 56.8 Å². The van der Waals surface area contributed by atoms with Gasteiger partial charge in [-0.15, -0.1) is 16.7 Å². The minimum Gasteiger partial charge on any atom is -0.491 e. The van der Waals surface area contributed by atoms with Crippen molar-refractivity contribution < 1.29 is 24.8 Å². The Labute approximate surface area is 236 Å². The second-order valence-corrected chi connectivity index (χ2v) is 11.0. The summed E-state index contributed by atoms with van der Waals surface area (Å²) in [6.07, 6.45) is -1.50. The van der Waals surface area contributed by atoms with Crippen molar-refractivity contribution in [1.29, 1.82) is 0 Å². The predicted molar refractivity (Wildman–Crippen MR) is 150 cm³/mol. The number of nitrogens with zero attached hydrogens (tertiary/aromatic N) is 3. The molecule has 0 amide bonds. The van der Waals surface area contributed by atoms with Crippen LogP contribution in [0.3, 0.4) is 0 Å². The third kappa shape index (κ3) is 7.41. The van der Waals surface area contributed by atoms with E-state index >= 15 is 0 Å². The molecule has 1 aromatic heterocycles. The summed E-state index contributed by atoms with van der Waals surface area (Å²) in [4.78, 5) is 0. The van der Waals surface area contributed by atoms with Gasteiger partial charge in [-0.2, -0.15) is 0 Å². The molecule has 190 valence electrons. The first-order valence-corrected chi connectivity index (χ1v) is 13.6. The van der Waals surface area contributed by atoms with Gasteiger partial charge in [-0.25, -0.2) is 4.68 Å². The standard InChI is InChI=1S/C24H28ClI2N3O5/c1-24(2,16-5-8-22(20(26)9-16)35-13-17(32)10-25)15-3-6-19(7-4-15)34-14-18(33)11-30-21(12-31)23(27)28-29-30/h3-9,17-18,31-33H,10-14H2,1-2H3/t17-,18+/m0/s1/i26-4. The predicted octanol–water partition coefficient (Wildman–Crippen LogP) is 3.72. The number of halogens is 3. The molecule has 0 fully saturated rings. The zero-order chi connectivity index (χ0) is 25.6. The number of ether oxygens (including phenoxy) is 2. The Morgan fingerprint density at radius 1 is 1.06 bits per heavy atom. The summed E-state index contributed by atoms with van der Waals surface area (Å²) in [5, 5.41) is 37.2. The van der Waals surface area contributed by atoms with E-state index in [1.54, 1.807) is 0 Å². The first kappa shape index (κ1) is 28.4. The third-order valence-electron chi connectivity index (χ3n) is 5.60. The molecule has 0 aliphatic heterocycles. The topological polar surface area (TPSA) is 110 Å². The first-order chi connectivity index (χ1) is 16.6. The molecule has 3 aromatic rings. The minimum atomic E-state index is -0.803. The Morgan fingerprint density at radius 2 is 1.71 bits per heavy atom. The lowest BCUT2D eigenvalue weighted by atomic mass is 9.78. The zero-order valence-corrected chi connectivity index (χ0v) is 24.4. The Hall–Kier alpha value is -1.19. The summed E-state index contributed by atoms with van der Waals surface area (Å²) in [5.74, 6) is 1.49. The van der Waals surface area contributed by atoms with Crippen LogP contribution in [0.2, 0.25) is 0 Å². The van der Waals surface area contributed by atoms with Gasteiger partial charge in [-0.1, -0.05) is 37.3 Å². The van der Waals surface area contributed by atoms with Crippen LogP contribution < -0.4 is 9.47 Å². The maximum atomic E-state index is 10.3. The SMILES string of the molecule is CC(C)(c1ccc(OC[C@H](O)Cn2nnc(I)c2CO)cc1)c1ccc(OC[C@@H](O)CCl)c([123I])c1. The average Bonchev–Trinajstić information content (AvgIpc) is 3.20. The molecule has 8 nitrogen and oxygen atoms in total. The van der Waals surface area contributed by atoms with Gasteiger partial charge in [0.2, 0.25) is 0 Å². The molecule has 2 atom stereocenters. The van der Waals surface area contributed by atoms with Gasteiger partial charge in [0.15, 0.2) is 0 Å². The number of hydrogen-bond acceptors (Lipinski definition) is 7. The number of aliphatic hydroxyl groups is 3. The van der Waals surface area contributed by atoms with Gasteiger partial charge in [-0.05, 0) is 80.6 Å². The zero-order valence-electron chi connectivity index (χ0n) is 19.4. The lowest BCUT2D eigenvalue weighted by molar-refractivity contribution is 0.0866. The number of rotatable bonds is 12. The van der Waals surface area contributed by atoms with Gasteiger partial charge < -0.3 is 24.8 Å². The average molecular weight is 724 g/mol. The van der Waals surface area contributed by atoms with Gasteiger partial charge in [0.1, 0.15) is 40.6 Å². The number of alkyl halides is 1.